The van der Waals surface area contributed by atoms with Gasteiger partial charge >= 0.3 is 0 Å². The van der Waals surface area contributed by atoms with Crippen LogP contribution in [-0.2, 0) is 9.59 Å². The number of hydrogen-bond acceptors (Lipinski definition) is 5. The summed E-state index contributed by atoms with van der Waals surface area (Å²) < 4.78 is 11.1. The van der Waals surface area contributed by atoms with Crippen LogP contribution in [0.4, 0.5) is 5.69 Å². The van der Waals surface area contributed by atoms with E-state index in [0.717, 1.165) is 18.5 Å². The molecule has 0 unspecified atom stereocenters. The van der Waals surface area contributed by atoms with E-state index in [0.29, 0.717) is 37.8 Å². The molecule has 0 aromatic heterocycles. The first-order chi connectivity index (χ1) is 11.1. The van der Waals surface area contributed by atoms with Gasteiger partial charge < -0.3 is 25.4 Å². The highest BCUT2D eigenvalue weighted by Gasteiger charge is 2.27. The Morgan fingerprint density at radius 1 is 1.30 bits per heavy atom. The molecule has 0 aliphatic carbocycles. The molecule has 124 valence electrons. The predicted molar refractivity (Wildman–Crippen MR) is 84.4 cm³/mol. The zero-order chi connectivity index (χ0) is 16.2. The van der Waals surface area contributed by atoms with Gasteiger partial charge in [-0.15, -0.1) is 0 Å². The highest BCUT2D eigenvalue weighted by atomic mass is 16.6. The van der Waals surface area contributed by atoms with Crippen LogP contribution in [0.3, 0.4) is 0 Å². The Morgan fingerprint density at radius 2 is 2.13 bits per heavy atom. The Bertz CT molecular complexity index is 605. The van der Waals surface area contributed by atoms with Crippen molar-refractivity contribution in [1.82, 2.24) is 4.90 Å². The first kappa shape index (κ1) is 15.5. The highest BCUT2D eigenvalue weighted by molar-refractivity contribution is 5.83. The van der Waals surface area contributed by atoms with Crippen molar-refractivity contribution in [2.45, 2.75) is 12.8 Å². The van der Waals surface area contributed by atoms with Crippen LogP contribution in [0.2, 0.25) is 0 Å². The van der Waals surface area contributed by atoms with Crippen molar-refractivity contribution in [3.63, 3.8) is 0 Å². The summed E-state index contributed by atoms with van der Waals surface area (Å²) in [5, 5.41) is 3.10. The van der Waals surface area contributed by atoms with E-state index < -0.39 is 0 Å². The third-order valence-electron chi connectivity index (χ3n) is 4.17. The van der Waals surface area contributed by atoms with Crippen LogP contribution < -0.4 is 20.5 Å². The van der Waals surface area contributed by atoms with Crippen LogP contribution in [0.15, 0.2) is 18.2 Å². The van der Waals surface area contributed by atoms with Gasteiger partial charge in [0.25, 0.3) is 0 Å². The van der Waals surface area contributed by atoms with E-state index in [4.69, 9.17) is 15.2 Å². The van der Waals surface area contributed by atoms with Gasteiger partial charge in [-0.2, -0.15) is 0 Å². The molecule has 7 nitrogen and oxygen atoms in total. The first-order valence-corrected chi connectivity index (χ1v) is 7.84. The van der Waals surface area contributed by atoms with Gasteiger partial charge in [0, 0.05) is 13.1 Å². The van der Waals surface area contributed by atoms with E-state index in [2.05, 4.69) is 5.32 Å². The van der Waals surface area contributed by atoms with Gasteiger partial charge in [-0.25, -0.2) is 0 Å². The third-order valence-corrected chi connectivity index (χ3v) is 4.17. The largest absolute Gasteiger partial charge is 0.486 e. The quantitative estimate of drug-likeness (QED) is 0.847. The number of benzene rings is 1. The molecule has 7 heteroatoms. The number of nitrogens with two attached hydrogens (primary N) is 1. The minimum atomic E-state index is -0.335. The van der Waals surface area contributed by atoms with Gasteiger partial charge in [-0.3, -0.25) is 9.59 Å². The summed E-state index contributed by atoms with van der Waals surface area (Å²) in [6, 6.07) is 5.54. The van der Waals surface area contributed by atoms with E-state index in [1.807, 2.05) is 18.2 Å². The van der Waals surface area contributed by atoms with Gasteiger partial charge in [0.1, 0.15) is 13.2 Å². The van der Waals surface area contributed by atoms with Crippen molar-refractivity contribution >= 4 is 17.5 Å². The maximum atomic E-state index is 12.3. The fourth-order valence-corrected chi connectivity index (χ4v) is 2.93. The first-order valence-electron chi connectivity index (χ1n) is 7.84. The summed E-state index contributed by atoms with van der Waals surface area (Å²) in [6.07, 6.45) is 1.56. The van der Waals surface area contributed by atoms with Gasteiger partial charge in [0.05, 0.1) is 18.2 Å². The van der Waals surface area contributed by atoms with Gasteiger partial charge in [0.15, 0.2) is 11.5 Å². The molecule has 3 N–H and O–H groups in total. The highest BCUT2D eigenvalue weighted by Crippen LogP contribution is 2.37. The lowest BCUT2D eigenvalue weighted by Crippen LogP contribution is -2.46. The topological polar surface area (TPSA) is 93.9 Å². The number of carbonyl (C=O) groups is 2. The Balaban J connectivity index is 1.60. The number of rotatable bonds is 4. The second-order valence-corrected chi connectivity index (χ2v) is 5.76. The molecule has 1 aromatic rings. The number of likely N-dealkylation sites (tertiary alicyclic amines) is 1. The maximum Gasteiger partial charge on any atom is 0.241 e. The summed E-state index contributed by atoms with van der Waals surface area (Å²) in [6.45, 7) is 2.23. The smallest absolute Gasteiger partial charge is 0.241 e. The fraction of sp³-hybridized carbons (Fsp3) is 0.500. The van der Waals surface area contributed by atoms with E-state index in [-0.39, 0.29) is 24.3 Å². The molecule has 1 atom stereocenters. The molecule has 0 spiro atoms. The minimum absolute atomic E-state index is 0.0507. The average Bonchev–Trinajstić information content (AvgIpc) is 2.59. The number of carbonyl (C=O) groups excluding carboxylic acids is 2. The molecule has 2 aliphatic rings. The zero-order valence-corrected chi connectivity index (χ0v) is 12.9. The van der Waals surface area contributed by atoms with Crippen molar-refractivity contribution in [3.05, 3.63) is 18.2 Å². The molecule has 1 saturated heterocycles. The molecule has 3 rings (SSSR count). The van der Waals surface area contributed by atoms with Gasteiger partial charge in [-0.1, -0.05) is 6.07 Å². The Hall–Kier alpha value is -2.44. The van der Waals surface area contributed by atoms with Crippen LogP contribution in [0, 0.1) is 5.92 Å². The van der Waals surface area contributed by atoms with Crippen LogP contribution in [0.5, 0.6) is 11.5 Å². The fourth-order valence-electron chi connectivity index (χ4n) is 2.93. The third kappa shape index (κ3) is 3.49. The summed E-state index contributed by atoms with van der Waals surface area (Å²) in [5.74, 6) is 0.693. The number of para-hydroxylation sites is 1. The van der Waals surface area contributed by atoms with E-state index in [9.17, 15) is 9.59 Å². The van der Waals surface area contributed by atoms with Crippen LogP contribution in [-0.4, -0.2) is 49.6 Å². The molecule has 2 amide bonds. The van der Waals surface area contributed by atoms with Gasteiger partial charge in [-0.05, 0) is 25.0 Å². The number of ether oxygens (including phenoxy) is 2. The normalized spacial score (nSPS) is 20.0. The minimum Gasteiger partial charge on any atom is -0.486 e. The summed E-state index contributed by atoms with van der Waals surface area (Å²) in [4.78, 5) is 25.3. The SMILES string of the molecule is NC(=O)[C@H]1CCCN(C(=O)CNc2cccc3c2OCCO3)C1. The molecule has 2 aliphatic heterocycles. The number of nitrogens with one attached hydrogen (secondary N) is 1. The van der Waals surface area contributed by atoms with Crippen molar-refractivity contribution in [2.75, 3.05) is 38.2 Å². The Kier molecular flexibility index (Phi) is 4.55. The standard InChI is InChI=1S/C16H21N3O4/c17-16(21)11-3-2-6-19(10-11)14(20)9-18-12-4-1-5-13-15(12)23-8-7-22-13/h1,4-5,11,18H,2-3,6-10H2,(H2,17,21)/t11-/m0/s1. The number of nitrogens with zero attached hydrogens (tertiary/aromatic N) is 1. The Labute approximate surface area is 134 Å². The van der Waals surface area contributed by atoms with Crippen molar-refractivity contribution < 1.29 is 19.1 Å². The molecule has 1 fully saturated rings. The summed E-state index contributed by atoms with van der Waals surface area (Å²) >= 11 is 0. The van der Waals surface area contributed by atoms with Crippen molar-refractivity contribution in [1.29, 1.82) is 0 Å². The van der Waals surface area contributed by atoms with Crippen molar-refractivity contribution in [3.8, 4) is 11.5 Å². The van der Waals surface area contributed by atoms with Crippen molar-refractivity contribution in [2.24, 2.45) is 11.7 Å². The lowest BCUT2D eigenvalue weighted by molar-refractivity contribution is -0.133. The number of piperidine rings is 1. The maximum absolute atomic E-state index is 12.3. The average molecular weight is 319 g/mol. The lowest BCUT2D eigenvalue weighted by atomic mass is 9.97. The zero-order valence-electron chi connectivity index (χ0n) is 12.9. The molecule has 0 bridgehead atoms. The summed E-state index contributed by atoms with van der Waals surface area (Å²) in [5.41, 5.74) is 6.08. The number of amides is 2. The number of fused-ring (bicyclic) bond motifs is 1. The van der Waals surface area contributed by atoms with Crippen LogP contribution in [0.25, 0.3) is 0 Å². The Morgan fingerprint density at radius 3 is 2.96 bits per heavy atom. The molecule has 23 heavy (non-hydrogen) atoms. The van der Waals surface area contributed by atoms with Crippen LogP contribution in [0.1, 0.15) is 12.8 Å². The number of primary amides is 1. The second kappa shape index (κ2) is 6.76. The molecule has 2 heterocycles. The van der Waals surface area contributed by atoms with E-state index >= 15 is 0 Å². The molecule has 0 saturated carbocycles. The lowest BCUT2D eigenvalue weighted by Gasteiger charge is -2.31. The van der Waals surface area contributed by atoms with Gasteiger partial charge in [0.2, 0.25) is 11.8 Å². The molecular formula is C16H21N3O4. The second-order valence-electron chi connectivity index (χ2n) is 5.76. The van der Waals surface area contributed by atoms with E-state index in [1.54, 1.807) is 4.90 Å². The molecular weight excluding hydrogens is 298 g/mol. The molecule has 1 aromatic carbocycles. The summed E-state index contributed by atoms with van der Waals surface area (Å²) in [7, 11) is 0. The number of hydrogen-bond donors (Lipinski definition) is 2. The predicted octanol–water partition coefficient (Wildman–Crippen LogP) is 0.594. The number of anilines is 1. The monoisotopic (exact) mass is 319 g/mol. The van der Waals surface area contributed by atoms with Crippen LogP contribution >= 0.6 is 0 Å². The van der Waals surface area contributed by atoms with E-state index in [1.165, 1.54) is 0 Å². The molecule has 0 radical (unpaired) electrons.